The fourth-order valence-corrected chi connectivity index (χ4v) is 6.13. The van der Waals surface area contributed by atoms with Crippen molar-refractivity contribution in [1.82, 2.24) is 9.80 Å². The third-order valence-electron chi connectivity index (χ3n) is 6.65. The number of esters is 1. The Hall–Kier alpha value is -4.37. The van der Waals surface area contributed by atoms with Crippen LogP contribution in [0.1, 0.15) is 37.9 Å². The third kappa shape index (κ3) is 3.62. The molecule has 8 nitrogen and oxygen atoms in total. The van der Waals surface area contributed by atoms with E-state index < -0.39 is 41.2 Å². The fraction of sp³-hybridized carbons (Fsp3) is 0.143. The zero-order valence-corrected chi connectivity index (χ0v) is 20.1. The van der Waals surface area contributed by atoms with Crippen LogP contribution in [0.25, 0.3) is 0 Å². The van der Waals surface area contributed by atoms with E-state index in [1.165, 1.54) is 11.8 Å². The average molecular weight is 513 g/mol. The first-order valence-electron chi connectivity index (χ1n) is 11.6. The monoisotopic (exact) mass is 512 g/mol. The molecule has 3 aromatic rings. The number of β-lactam (4-membered cyclic amide) rings is 1. The molecule has 1 N–H and O–H groups in total. The van der Waals surface area contributed by atoms with E-state index >= 15 is 0 Å². The number of carbonyl (C=O) groups excluding carboxylic acids is 4. The number of imide groups is 1. The largest absolute Gasteiger partial charge is 0.509 e. The van der Waals surface area contributed by atoms with E-state index in [4.69, 9.17) is 4.74 Å². The summed E-state index contributed by atoms with van der Waals surface area (Å²) in [6.45, 7) is 0. The number of amides is 3. The summed E-state index contributed by atoms with van der Waals surface area (Å²) in [7, 11) is 0. The lowest BCUT2D eigenvalue weighted by Crippen LogP contribution is -2.71. The van der Waals surface area contributed by atoms with Crippen LogP contribution in [0.4, 0.5) is 0 Å². The van der Waals surface area contributed by atoms with Gasteiger partial charge < -0.3 is 9.84 Å². The van der Waals surface area contributed by atoms with Crippen LogP contribution in [0.3, 0.4) is 0 Å². The van der Waals surface area contributed by atoms with Crippen LogP contribution in [0.15, 0.2) is 96.4 Å². The van der Waals surface area contributed by atoms with E-state index in [0.717, 1.165) is 20.9 Å². The van der Waals surface area contributed by atoms with Crippen LogP contribution in [0.5, 0.6) is 0 Å². The number of ether oxygens (including phenoxy) is 1. The SMILES string of the molecule is O=C(OC(c1ccccc1)c1ccccc1)C1=C(O)CS[C@H]2C(N3C(=O)c4ccccc4C3=O)C(=O)N12. The van der Waals surface area contributed by atoms with Gasteiger partial charge in [0.1, 0.15) is 17.2 Å². The van der Waals surface area contributed by atoms with E-state index in [2.05, 4.69) is 0 Å². The second kappa shape index (κ2) is 8.94. The van der Waals surface area contributed by atoms with Crippen molar-refractivity contribution < 1.29 is 29.0 Å². The first-order valence-corrected chi connectivity index (χ1v) is 12.7. The summed E-state index contributed by atoms with van der Waals surface area (Å²) in [4.78, 5) is 54.8. The van der Waals surface area contributed by atoms with Gasteiger partial charge in [0.05, 0.1) is 16.9 Å². The van der Waals surface area contributed by atoms with Gasteiger partial charge >= 0.3 is 5.97 Å². The average Bonchev–Trinajstić information content (AvgIpc) is 3.18. The Labute approximate surface area is 216 Å². The molecule has 0 aromatic heterocycles. The molecule has 0 saturated carbocycles. The highest BCUT2D eigenvalue weighted by Gasteiger charge is 2.60. The molecule has 3 aliphatic heterocycles. The van der Waals surface area contributed by atoms with Gasteiger partial charge in [0.2, 0.25) is 0 Å². The fourth-order valence-electron chi connectivity index (χ4n) is 4.89. The standard InChI is InChI=1S/C28H20N2O6S/c31-20-15-37-27-22(29-24(32)18-13-7-8-14-19(18)25(29)33)26(34)30(27)21(20)28(35)36-23(16-9-3-1-4-10-16)17-11-5-2-6-12-17/h1-14,22-23,27,31H,15H2/t22?,27-/m0/s1. The van der Waals surface area contributed by atoms with Crippen LogP contribution in [0.2, 0.25) is 0 Å². The van der Waals surface area contributed by atoms with Gasteiger partial charge in [-0.25, -0.2) is 4.79 Å². The van der Waals surface area contributed by atoms with Crippen LogP contribution in [-0.2, 0) is 14.3 Å². The van der Waals surface area contributed by atoms with Crippen molar-refractivity contribution in [1.29, 1.82) is 0 Å². The minimum Gasteiger partial charge on any atom is -0.509 e. The molecule has 0 bridgehead atoms. The van der Waals surface area contributed by atoms with Crippen LogP contribution >= 0.6 is 11.8 Å². The summed E-state index contributed by atoms with van der Waals surface area (Å²) in [5.74, 6) is -2.85. The molecule has 3 aromatic carbocycles. The highest BCUT2D eigenvalue weighted by atomic mass is 32.2. The van der Waals surface area contributed by atoms with Gasteiger partial charge in [-0.2, -0.15) is 0 Å². The summed E-state index contributed by atoms with van der Waals surface area (Å²) in [5, 5.41) is 9.94. The van der Waals surface area contributed by atoms with E-state index in [9.17, 15) is 24.3 Å². The lowest BCUT2D eigenvalue weighted by Gasteiger charge is -2.50. The summed E-state index contributed by atoms with van der Waals surface area (Å²) in [6.07, 6.45) is -0.772. The Morgan fingerprint density at radius 2 is 1.32 bits per heavy atom. The van der Waals surface area contributed by atoms with Gasteiger partial charge in [0.15, 0.2) is 11.8 Å². The Morgan fingerprint density at radius 1 is 0.811 bits per heavy atom. The Balaban J connectivity index is 1.28. The van der Waals surface area contributed by atoms with E-state index in [0.29, 0.717) is 0 Å². The van der Waals surface area contributed by atoms with Crippen molar-refractivity contribution >= 4 is 35.5 Å². The molecule has 3 amide bonds. The number of hydrogen-bond donors (Lipinski definition) is 1. The molecule has 1 saturated heterocycles. The molecule has 0 radical (unpaired) electrons. The van der Waals surface area contributed by atoms with Crippen LogP contribution in [0, 0.1) is 0 Å². The van der Waals surface area contributed by atoms with Gasteiger partial charge in [-0.3, -0.25) is 24.2 Å². The number of thioether (sulfide) groups is 1. The molecule has 1 unspecified atom stereocenters. The Bertz CT molecular complexity index is 1400. The normalized spacial score (nSPS) is 20.6. The summed E-state index contributed by atoms with van der Waals surface area (Å²) in [6, 6.07) is 23.6. The molecule has 9 heteroatoms. The topological polar surface area (TPSA) is 104 Å². The molecule has 2 atom stereocenters. The summed E-state index contributed by atoms with van der Waals surface area (Å²) < 4.78 is 5.88. The number of benzene rings is 3. The number of nitrogens with zero attached hydrogens (tertiary/aromatic N) is 2. The van der Waals surface area contributed by atoms with E-state index in [1.807, 2.05) is 60.7 Å². The molecule has 37 heavy (non-hydrogen) atoms. The highest BCUT2D eigenvalue weighted by molar-refractivity contribution is 8.00. The van der Waals surface area contributed by atoms with E-state index in [-0.39, 0.29) is 28.3 Å². The molecular weight excluding hydrogens is 492 g/mol. The van der Waals surface area contributed by atoms with Crippen LogP contribution in [-0.4, -0.2) is 55.8 Å². The lowest BCUT2D eigenvalue weighted by molar-refractivity contribution is -0.156. The number of rotatable bonds is 5. The second-order valence-electron chi connectivity index (χ2n) is 8.78. The number of aliphatic hydroxyl groups is 1. The summed E-state index contributed by atoms with van der Waals surface area (Å²) in [5.41, 5.74) is 1.67. The van der Waals surface area contributed by atoms with Gasteiger partial charge in [-0.1, -0.05) is 72.8 Å². The van der Waals surface area contributed by atoms with Gasteiger partial charge in [-0.15, -0.1) is 11.8 Å². The molecule has 184 valence electrons. The molecule has 3 heterocycles. The zero-order valence-electron chi connectivity index (χ0n) is 19.3. The van der Waals surface area contributed by atoms with Gasteiger partial charge in [-0.05, 0) is 23.3 Å². The highest BCUT2D eigenvalue weighted by Crippen LogP contribution is 2.44. The molecule has 0 spiro atoms. The van der Waals surface area contributed by atoms with E-state index in [1.54, 1.807) is 24.3 Å². The summed E-state index contributed by atoms with van der Waals surface area (Å²) >= 11 is 1.18. The smallest absolute Gasteiger partial charge is 0.359 e. The number of carbonyl (C=O) groups is 4. The maximum atomic E-state index is 13.4. The van der Waals surface area contributed by atoms with Crippen molar-refractivity contribution in [3.8, 4) is 0 Å². The predicted molar refractivity (Wildman–Crippen MR) is 134 cm³/mol. The zero-order chi connectivity index (χ0) is 25.7. The molecule has 3 aliphatic rings. The minimum absolute atomic E-state index is 0.0277. The Morgan fingerprint density at radius 3 is 1.86 bits per heavy atom. The van der Waals surface area contributed by atoms with Crippen molar-refractivity contribution in [3.05, 3.63) is 119 Å². The maximum Gasteiger partial charge on any atom is 0.359 e. The predicted octanol–water partition coefficient (Wildman–Crippen LogP) is 3.67. The number of aliphatic hydroxyl groups excluding tert-OH is 1. The van der Waals surface area contributed by atoms with Crippen molar-refractivity contribution in [2.75, 3.05) is 5.75 Å². The maximum absolute atomic E-state index is 13.4. The number of hydrogen-bond acceptors (Lipinski definition) is 7. The molecule has 0 aliphatic carbocycles. The third-order valence-corrected chi connectivity index (χ3v) is 7.90. The lowest BCUT2D eigenvalue weighted by atomic mass is 10.0. The van der Waals surface area contributed by atoms with Crippen molar-refractivity contribution in [2.45, 2.75) is 17.5 Å². The second-order valence-corrected chi connectivity index (χ2v) is 9.89. The molecule has 1 fully saturated rings. The van der Waals surface area contributed by atoms with Gasteiger partial charge in [0, 0.05) is 0 Å². The van der Waals surface area contributed by atoms with Gasteiger partial charge in [0.25, 0.3) is 17.7 Å². The molecule has 6 rings (SSSR count). The van der Waals surface area contributed by atoms with Crippen molar-refractivity contribution in [3.63, 3.8) is 0 Å². The van der Waals surface area contributed by atoms with Crippen molar-refractivity contribution in [2.24, 2.45) is 0 Å². The first-order chi connectivity index (χ1) is 18.0. The Kier molecular flexibility index (Phi) is 5.57. The number of fused-ring (bicyclic) bond motifs is 2. The quantitative estimate of drug-likeness (QED) is 0.316. The molecular formula is C28H20N2O6S. The first kappa shape index (κ1) is 23.1. The minimum atomic E-state index is -1.08. The van der Waals surface area contributed by atoms with Crippen LogP contribution < -0.4 is 0 Å².